The normalized spacial score (nSPS) is 14.0. The molecular formula is C10H16N3O2PS2. The molecule has 3 N–H and O–H groups in total. The third-order valence-corrected chi connectivity index (χ3v) is 5.37. The number of pyridine rings is 1. The van der Waals surface area contributed by atoms with E-state index in [1.807, 2.05) is 13.8 Å². The predicted octanol–water partition coefficient (Wildman–Crippen LogP) is 3.25. The molecule has 0 aliphatic rings. The molecule has 8 heteroatoms. The number of hydrogen-bond donors (Lipinski definition) is 2. The number of hydrogen-bond acceptors (Lipinski definition) is 5. The molecule has 0 saturated heterocycles. The molecule has 0 aromatic carbocycles. The van der Waals surface area contributed by atoms with E-state index in [2.05, 4.69) is 10.3 Å². The molecule has 1 unspecified atom stereocenters. The second-order valence-electron chi connectivity index (χ2n) is 3.95. The second-order valence-corrected chi connectivity index (χ2v) is 8.47. The summed E-state index contributed by atoms with van der Waals surface area (Å²) in [6, 6.07) is 5.30. The summed E-state index contributed by atoms with van der Waals surface area (Å²) >= 11 is 6.01. The highest BCUT2D eigenvalue weighted by Crippen LogP contribution is 2.52. The molecule has 0 saturated carbocycles. The average molecular weight is 305 g/mol. The SMILES string of the molecule is CC(C)CSP(N)(=O)OC(=S)Nc1ccccn1. The van der Waals surface area contributed by atoms with Gasteiger partial charge >= 0.3 is 6.72 Å². The summed E-state index contributed by atoms with van der Waals surface area (Å²) in [7, 11) is 0. The van der Waals surface area contributed by atoms with Crippen LogP contribution in [0.5, 0.6) is 0 Å². The zero-order valence-corrected chi connectivity index (χ0v) is 12.7. The number of thiocarbonyl (C=S) groups is 1. The van der Waals surface area contributed by atoms with Crippen molar-refractivity contribution in [2.24, 2.45) is 11.4 Å². The lowest BCUT2D eigenvalue weighted by molar-refractivity contribution is 0.502. The molecule has 0 aliphatic heterocycles. The first kappa shape index (κ1) is 15.4. The molecule has 18 heavy (non-hydrogen) atoms. The Morgan fingerprint density at radius 2 is 2.39 bits per heavy atom. The molecule has 5 nitrogen and oxygen atoms in total. The minimum Gasteiger partial charge on any atom is -0.399 e. The van der Waals surface area contributed by atoms with Crippen molar-refractivity contribution in [2.75, 3.05) is 11.1 Å². The number of rotatable bonds is 5. The minimum absolute atomic E-state index is 0.0317. The van der Waals surface area contributed by atoms with Crippen molar-refractivity contribution in [1.82, 2.24) is 4.98 Å². The standard InChI is InChI=1S/C10H16N3O2PS2/c1-8(2)7-18-16(11,14)15-10(17)13-9-5-3-4-6-12-9/h3-6,8H,7H2,1-2H3,(H2,11,14)(H,12,13,17). The third-order valence-electron chi connectivity index (χ3n) is 1.69. The number of anilines is 1. The highest BCUT2D eigenvalue weighted by atomic mass is 32.7. The molecule has 0 aliphatic carbocycles. The van der Waals surface area contributed by atoms with Gasteiger partial charge in [0, 0.05) is 11.9 Å². The number of nitrogens with zero attached hydrogens (tertiary/aromatic N) is 1. The largest absolute Gasteiger partial charge is 0.399 e. The van der Waals surface area contributed by atoms with Crippen molar-refractivity contribution < 1.29 is 9.09 Å². The highest BCUT2D eigenvalue weighted by molar-refractivity contribution is 8.56. The van der Waals surface area contributed by atoms with Gasteiger partial charge in [0.2, 0.25) is 0 Å². The quantitative estimate of drug-likeness (QED) is 0.638. The molecule has 100 valence electrons. The number of aromatic nitrogens is 1. The Hall–Kier alpha value is -0.620. The molecule has 1 heterocycles. The summed E-state index contributed by atoms with van der Waals surface area (Å²) in [6.45, 7) is 0.768. The molecule has 1 rings (SSSR count). The van der Waals surface area contributed by atoms with Crippen LogP contribution in [0.25, 0.3) is 0 Å². The zero-order chi connectivity index (χ0) is 13.6. The van der Waals surface area contributed by atoms with E-state index in [0.29, 0.717) is 17.5 Å². The van der Waals surface area contributed by atoms with Crippen molar-refractivity contribution >= 4 is 41.3 Å². The first-order valence-electron chi connectivity index (χ1n) is 5.34. The van der Waals surface area contributed by atoms with Gasteiger partial charge in [-0.2, -0.15) is 0 Å². The minimum atomic E-state index is -3.25. The fourth-order valence-corrected chi connectivity index (χ4v) is 4.27. The Balaban J connectivity index is 2.46. The summed E-state index contributed by atoms with van der Waals surface area (Å²) in [5, 5.41) is 2.69. The van der Waals surface area contributed by atoms with Crippen LogP contribution in [0.4, 0.5) is 5.82 Å². The zero-order valence-electron chi connectivity index (χ0n) is 10.2. The van der Waals surface area contributed by atoms with E-state index in [1.54, 1.807) is 24.4 Å². The van der Waals surface area contributed by atoms with Crippen LogP contribution in [0.3, 0.4) is 0 Å². The highest BCUT2D eigenvalue weighted by Gasteiger charge is 2.21. The molecule has 0 spiro atoms. The fraction of sp³-hybridized carbons (Fsp3) is 0.400. The van der Waals surface area contributed by atoms with Crippen LogP contribution in [0.2, 0.25) is 0 Å². The lowest BCUT2D eigenvalue weighted by Gasteiger charge is -2.15. The Morgan fingerprint density at radius 3 is 2.94 bits per heavy atom. The Labute approximate surface area is 116 Å². The summed E-state index contributed by atoms with van der Waals surface area (Å²) in [5.41, 5.74) is 5.57. The molecule has 0 bridgehead atoms. The van der Waals surface area contributed by atoms with Gasteiger partial charge in [-0.25, -0.2) is 15.1 Å². The molecule has 1 atom stereocenters. The van der Waals surface area contributed by atoms with Crippen molar-refractivity contribution in [3.05, 3.63) is 24.4 Å². The van der Waals surface area contributed by atoms with E-state index in [0.717, 1.165) is 11.4 Å². The van der Waals surface area contributed by atoms with Crippen LogP contribution >= 0.6 is 30.3 Å². The van der Waals surface area contributed by atoms with E-state index >= 15 is 0 Å². The van der Waals surface area contributed by atoms with Crippen molar-refractivity contribution in [3.8, 4) is 0 Å². The Bertz CT molecular complexity index is 442. The lowest BCUT2D eigenvalue weighted by Crippen LogP contribution is -2.14. The van der Waals surface area contributed by atoms with E-state index in [-0.39, 0.29) is 5.17 Å². The van der Waals surface area contributed by atoms with Gasteiger partial charge in [0.1, 0.15) is 5.82 Å². The third kappa shape index (κ3) is 6.35. The maximum atomic E-state index is 11.9. The van der Waals surface area contributed by atoms with Crippen LogP contribution in [-0.2, 0) is 9.09 Å². The van der Waals surface area contributed by atoms with Gasteiger partial charge in [-0.05, 0) is 41.7 Å². The smallest absolute Gasteiger partial charge is 0.373 e. The molecular weight excluding hydrogens is 289 g/mol. The number of nitrogens with one attached hydrogen (secondary N) is 1. The van der Waals surface area contributed by atoms with Crippen LogP contribution in [0, 0.1) is 5.92 Å². The number of nitrogens with two attached hydrogens (primary N) is 1. The Kier molecular flexibility index (Phi) is 6.08. The van der Waals surface area contributed by atoms with Crippen molar-refractivity contribution in [2.45, 2.75) is 13.8 Å². The van der Waals surface area contributed by atoms with Crippen LogP contribution in [0.1, 0.15) is 13.8 Å². The van der Waals surface area contributed by atoms with Crippen LogP contribution in [0.15, 0.2) is 24.4 Å². The Morgan fingerprint density at radius 1 is 1.67 bits per heavy atom. The van der Waals surface area contributed by atoms with E-state index in [9.17, 15) is 4.57 Å². The summed E-state index contributed by atoms with van der Waals surface area (Å²) < 4.78 is 17.0. The van der Waals surface area contributed by atoms with Gasteiger partial charge in [0.05, 0.1) is 0 Å². The molecule has 0 amide bonds. The van der Waals surface area contributed by atoms with Gasteiger partial charge in [0.25, 0.3) is 5.17 Å². The fourth-order valence-electron chi connectivity index (χ4n) is 0.959. The maximum Gasteiger partial charge on any atom is 0.373 e. The van der Waals surface area contributed by atoms with E-state index in [4.69, 9.17) is 22.2 Å². The second kappa shape index (κ2) is 7.09. The van der Waals surface area contributed by atoms with Gasteiger partial charge in [0.15, 0.2) is 0 Å². The van der Waals surface area contributed by atoms with Gasteiger partial charge in [-0.1, -0.05) is 19.9 Å². The van der Waals surface area contributed by atoms with E-state index < -0.39 is 6.72 Å². The van der Waals surface area contributed by atoms with Crippen molar-refractivity contribution in [3.63, 3.8) is 0 Å². The molecule has 1 aromatic heterocycles. The maximum absolute atomic E-state index is 11.9. The topological polar surface area (TPSA) is 77.2 Å². The summed E-state index contributed by atoms with van der Waals surface area (Å²) in [5.74, 6) is 1.56. The lowest BCUT2D eigenvalue weighted by atomic mass is 10.3. The van der Waals surface area contributed by atoms with E-state index in [1.165, 1.54) is 0 Å². The molecule has 0 radical (unpaired) electrons. The van der Waals surface area contributed by atoms with Gasteiger partial charge in [-0.3, -0.25) is 0 Å². The summed E-state index contributed by atoms with van der Waals surface area (Å²) in [6.07, 6.45) is 1.61. The molecule has 0 fully saturated rings. The average Bonchev–Trinajstić information content (AvgIpc) is 2.27. The molecule has 1 aromatic rings. The predicted molar refractivity (Wildman–Crippen MR) is 80.6 cm³/mol. The monoisotopic (exact) mass is 305 g/mol. The van der Waals surface area contributed by atoms with Crippen molar-refractivity contribution in [1.29, 1.82) is 0 Å². The van der Waals surface area contributed by atoms with Gasteiger partial charge in [-0.15, -0.1) is 0 Å². The summed E-state index contributed by atoms with van der Waals surface area (Å²) in [4.78, 5) is 4.01. The van der Waals surface area contributed by atoms with Gasteiger partial charge < -0.3 is 9.84 Å². The first-order valence-corrected chi connectivity index (χ1v) is 9.03. The van der Waals surface area contributed by atoms with Crippen LogP contribution < -0.4 is 10.8 Å². The van der Waals surface area contributed by atoms with Crippen LogP contribution in [-0.4, -0.2) is 15.9 Å². The first-order chi connectivity index (χ1) is 8.39.